The number of aromatic nitrogens is 2. The first-order chi connectivity index (χ1) is 10.2. The summed E-state index contributed by atoms with van der Waals surface area (Å²) in [4.78, 5) is 0. The number of fused-ring (bicyclic) bond motifs is 2. The van der Waals surface area contributed by atoms with Crippen molar-refractivity contribution in [1.29, 1.82) is 0 Å². The van der Waals surface area contributed by atoms with Crippen LogP contribution in [-0.2, 0) is 0 Å². The van der Waals surface area contributed by atoms with Crippen LogP contribution in [0.2, 0.25) is 0 Å². The molecule has 0 spiro atoms. The van der Waals surface area contributed by atoms with Gasteiger partial charge >= 0.3 is 0 Å². The van der Waals surface area contributed by atoms with Crippen molar-refractivity contribution in [2.75, 3.05) is 0 Å². The number of rotatable bonds is 0. The van der Waals surface area contributed by atoms with Crippen molar-refractivity contribution in [2.24, 2.45) is 16.7 Å². The summed E-state index contributed by atoms with van der Waals surface area (Å²) >= 11 is 1.41. The van der Waals surface area contributed by atoms with Gasteiger partial charge < -0.3 is 0 Å². The van der Waals surface area contributed by atoms with E-state index < -0.39 is 0 Å². The minimum absolute atomic E-state index is 0.158. The Morgan fingerprint density at radius 2 is 1.68 bits per heavy atom. The number of hydrogen-bond donors (Lipinski definition) is 0. The SMILES string of the molecule is CC(C)(C)C1=C2CCCCCC2C(C(C)(C)C)c2nsnc21. The molecule has 3 rings (SSSR count). The van der Waals surface area contributed by atoms with E-state index >= 15 is 0 Å². The molecule has 2 aliphatic rings. The molecule has 2 nitrogen and oxygen atoms in total. The van der Waals surface area contributed by atoms with Gasteiger partial charge in [-0.1, -0.05) is 60.0 Å². The summed E-state index contributed by atoms with van der Waals surface area (Å²) in [6, 6.07) is 0. The number of allylic oxidation sites excluding steroid dienone is 2. The Balaban J connectivity index is 2.25. The summed E-state index contributed by atoms with van der Waals surface area (Å²) < 4.78 is 9.55. The average Bonchev–Trinajstić information content (AvgIpc) is 2.70. The van der Waals surface area contributed by atoms with Crippen LogP contribution in [0.15, 0.2) is 5.57 Å². The maximum absolute atomic E-state index is 4.79. The smallest absolute Gasteiger partial charge is 0.104 e. The van der Waals surface area contributed by atoms with Crippen LogP contribution in [0.25, 0.3) is 5.57 Å². The van der Waals surface area contributed by atoms with Gasteiger partial charge in [0.25, 0.3) is 0 Å². The van der Waals surface area contributed by atoms with E-state index in [1.165, 1.54) is 60.8 Å². The fraction of sp³-hybridized carbons (Fsp3) is 0.789. The van der Waals surface area contributed by atoms with Gasteiger partial charge in [0.05, 0.1) is 17.4 Å². The van der Waals surface area contributed by atoms with Gasteiger partial charge in [0.1, 0.15) is 5.69 Å². The summed E-state index contributed by atoms with van der Waals surface area (Å²) in [5.74, 6) is 1.20. The fourth-order valence-electron chi connectivity index (χ4n) is 4.66. The van der Waals surface area contributed by atoms with Crippen LogP contribution in [0.4, 0.5) is 0 Å². The lowest BCUT2D eigenvalue weighted by atomic mass is 9.61. The van der Waals surface area contributed by atoms with Crippen molar-refractivity contribution >= 4 is 17.3 Å². The lowest BCUT2D eigenvalue weighted by Crippen LogP contribution is -2.33. The molecule has 1 fully saturated rings. The maximum Gasteiger partial charge on any atom is 0.104 e. The molecule has 1 aromatic heterocycles. The van der Waals surface area contributed by atoms with Gasteiger partial charge in [-0.05, 0) is 41.6 Å². The second kappa shape index (κ2) is 5.43. The molecular formula is C19H30N2S. The van der Waals surface area contributed by atoms with Crippen LogP contribution >= 0.6 is 11.7 Å². The molecule has 2 aliphatic carbocycles. The Morgan fingerprint density at radius 3 is 2.32 bits per heavy atom. The Labute approximate surface area is 139 Å². The highest BCUT2D eigenvalue weighted by atomic mass is 32.1. The Hall–Kier alpha value is -0.700. The molecule has 2 atom stereocenters. The maximum atomic E-state index is 4.79. The summed E-state index contributed by atoms with van der Waals surface area (Å²) in [6.07, 6.45) is 6.68. The molecule has 22 heavy (non-hydrogen) atoms. The molecule has 0 radical (unpaired) electrons. The molecule has 0 aromatic carbocycles. The van der Waals surface area contributed by atoms with Gasteiger partial charge in [-0.15, -0.1) is 0 Å². The zero-order valence-electron chi connectivity index (χ0n) is 15.0. The van der Waals surface area contributed by atoms with Crippen LogP contribution in [0.5, 0.6) is 0 Å². The van der Waals surface area contributed by atoms with Gasteiger partial charge in [0, 0.05) is 5.92 Å². The predicted octanol–water partition coefficient (Wildman–Crippen LogP) is 6.06. The first kappa shape index (κ1) is 16.2. The van der Waals surface area contributed by atoms with Crippen LogP contribution in [-0.4, -0.2) is 8.75 Å². The largest absolute Gasteiger partial charge is 0.177 e. The van der Waals surface area contributed by atoms with Crippen LogP contribution in [0.3, 0.4) is 0 Å². The van der Waals surface area contributed by atoms with E-state index in [4.69, 9.17) is 8.75 Å². The van der Waals surface area contributed by atoms with Crippen LogP contribution < -0.4 is 0 Å². The van der Waals surface area contributed by atoms with E-state index in [0.717, 1.165) is 0 Å². The third kappa shape index (κ3) is 2.66. The molecule has 1 saturated carbocycles. The monoisotopic (exact) mass is 318 g/mol. The van der Waals surface area contributed by atoms with E-state index in [2.05, 4.69) is 41.5 Å². The average molecular weight is 319 g/mol. The Kier molecular flexibility index (Phi) is 3.99. The van der Waals surface area contributed by atoms with E-state index in [1.807, 2.05) is 0 Å². The van der Waals surface area contributed by atoms with Crippen molar-refractivity contribution in [3.63, 3.8) is 0 Å². The van der Waals surface area contributed by atoms with Crippen molar-refractivity contribution in [3.05, 3.63) is 17.0 Å². The van der Waals surface area contributed by atoms with Crippen molar-refractivity contribution < 1.29 is 0 Å². The summed E-state index contributed by atoms with van der Waals surface area (Å²) in [5, 5.41) is 0. The molecule has 2 unspecified atom stereocenters. The van der Waals surface area contributed by atoms with Crippen molar-refractivity contribution in [3.8, 4) is 0 Å². The van der Waals surface area contributed by atoms with Gasteiger partial charge in [0.15, 0.2) is 0 Å². The highest BCUT2D eigenvalue weighted by Crippen LogP contribution is 2.56. The lowest BCUT2D eigenvalue weighted by molar-refractivity contribution is 0.237. The molecule has 0 N–H and O–H groups in total. The Morgan fingerprint density at radius 1 is 0.955 bits per heavy atom. The number of hydrogen-bond acceptors (Lipinski definition) is 3. The molecule has 0 saturated heterocycles. The molecule has 1 aromatic rings. The predicted molar refractivity (Wildman–Crippen MR) is 95.1 cm³/mol. The van der Waals surface area contributed by atoms with Crippen molar-refractivity contribution in [1.82, 2.24) is 8.75 Å². The second-order valence-electron chi connectivity index (χ2n) is 9.20. The topological polar surface area (TPSA) is 25.8 Å². The summed E-state index contributed by atoms with van der Waals surface area (Å²) in [7, 11) is 0. The zero-order valence-corrected chi connectivity index (χ0v) is 15.8. The summed E-state index contributed by atoms with van der Waals surface area (Å²) in [5.41, 5.74) is 6.15. The standard InChI is InChI=1S/C19H30N2S/c1-18(2,3)14-12-10-8-7-9-11-13(12)15(19(4,5)6)17-16(14)20-22-21-17/h12,14H,7-11H2,1-6H3. The molecule has 3 heteroatoms. The van der Waals surface area contributed by atoms with Gasteiger partial charge in [-0.2, -0.15) is 8.75 Å². The van der Waals surface area contributed by atoms with E-state index in [1.54, 1.807) is 5.57 Å². The van der Waals surface area contributed by atoms with E-state index in [-0.39, 0.29) is 10.8 Å². The quantitative estimate of drug-likeness (QED) is 0.581. The Bertz CT molecular complexity index is 583. The van der Waals surface area contributed by atoms with E-state index in [9.17, 15) is 0 Å². The molecule has 122 valence electrons. The second-order valence-corrected chi connectivity index (χ2v) is 9.73. The van der Waals surface area contributed by atoms with Gasteiger partial charge in [0.2, 0.25) is 0 Å². The third-order valence-electron chi connectivity index (χ3n) is 5.36. The molecule has 0 bridgehead atoms. The zero-order chi connectivity index (χ0) is 16.1. The first-order valence-electron chi connectivity index (χ1n) is 8.77. The highest BCUT2D eigenvalue weighted by Gasteiger charge is 2.45. The molecule has 0 aliphatic heterocycles. The highest BCUT2D eigenvalue weighted by molar-refractivity contribution is 6.99. The normalized spacial score (nSPS) is 26.5. The minimum Gasteiger partial charge on any atom is -0.177 e. The third-order valence-corrected chi connectivity index (χ3v) is 5.90. The number of nitrogens with zero attached hydrogens (tertiary/aromatic N) is 2. The molecular weight excluding hydrogens is 288 g/mol. The van der Waals surface area contributed by atoms with Crippen molar-refractivity contribution in [2.45, 2.75) is 79.6 Å². The van der Waals surface area contributed by atoms with Gasteiger partial charge in [-0.3, -0.25) is 0 Å². The fourth-order valence-corrected chi connectivity index (χ4v) is 5.26. The van der Waals surface area contributed by atoms with Gasteiger partial charge in [-0.25, -0.2) is 0 Å². The van der Waals surface area contributed by atoms with E-state index in [0.29, 0.717) is 11.8 Å². The summed E-state index contributed by atoms with van der Waals surface area (Å²) in [6.45, 7) is 14.2. The minimum atomic E-state index is 0.158. The van der Waals surface area contributed by atoms with Crippen LogP contribution in [0.1, 0.15) is 91.0 Å². The van der Waals surface area contributed by atoms with Crippen LogP contribution in [0, 0.1) is 16.7 Å². The lowest BCUT2D eigenvalue weighted by Gasteiger charge is -2.43. The molecule has 1 heterocycles. The molecule has 0 amide bonds. The first-order valence-corrected chi connectivity index (χ1v) is 9.50.